The van der Waals surface area contributed by atoms with Crippen molar-refractivity contribution < 1.29 is 9.59 Å². The van der Waals surface area contributed by atoms with Crippen molar-refractivity contribution in [3.05, 3.63) is 69.7 Å². The van der Waals surface area contributed by atoms with Gasteiger partial charge in [-0.05, 0) is 36.4 Å². The van der Waals surface area contributed by atoms with Crippen LogP contribution in [0.1, 0.15) is 6.42 Å². The Morgan fingerprint density at radius 1 is 1.11 bits per heavy atom. The lowest BCUT2D eigenvalue weighted by Crippen LogP contribution is -2.37. The Balaban J connectivity index is 1.52. The highest BCUT2D eigenvalue weighted by Gasteiger charge is 2.35. The molecule has 1 saturated heterocycles. The summed E-state index contributed by atoms with van der Waals surface area (Å²) in [5.41, 5.74) is 3.50. The number of carbonyl (C=O) groups excluding carboxylic acids is 2. The zero-order valence-corrected chi connectivity index (χ0v) is 15.7. The minimum absolute atomic E-state index is 0.0949. The molecule has 2 amide bonds. The number of aromatic nitrogens is 2. The van der Waals surface area contributed by atoms with Gasteiger partial charge < -0.3 is 4.90 Å². The molecular weight excluding hydrogens is 412 g/mol. The Labute approximate surface area is 162 Å². The molecule has 7 nitrogen and oxygen atoms in total. The largest absolute Gasteiger partial charge is 0.312 e. The average Bonchev–Trinajstić information content (AvgIpc) is 3.07. The number of carbonyl (C=O) groups is 2. The first-order valence-electron chi connectivity index (χ1n) is 8.36. The molecule has 1 atom stereocenters. The Bertz CT molecular complexity index is 1090. The van der Waals surface area contributed by atoms with E-state index in [0.717, 1.165) is 14.8 Å². The number of benzene rings is 2. The molecule has 27 heavy (non-hydrogen) atoms. The summed E-state index contributed by atoms with van der Waals surface area (Å²) in [5.74, 6) is -1.05. The number of fused-ring (bicyclic) bond motifs is 1. The second kappa shape index (κ2) is 6.96. The van der Waals surface area contributed by atoms with Crippen molar-refractivity contribution in [1.29, 1.82) is 0 Å². The van der Waals surface area contributed by atoms with Crippen molar-refractivity contribution in [2.45, 2.75) is 6.42 Å². The minimum atomic E-state index is -0.542. The fraction of sp³-hybridized carbons (Fsp3) is 0.158. The summed E-state index contributed by atoms with van der Waals surface area (Å²) in [6.07, 6.45) is 1.38. The number of nitrogens with zero attached hydrogens (tertiary/aromatic N) is 3. The minimum Gasteiger partial charge on any atom is -0.312 e. The first-order valence-corrected chi connectivity index (χ1v) is 9.15. The highest BCUT2D eigenvalue weighted by molar-refractivity contribution is 9.10. The third-order valence-electron chi connectivity index (χ3n) is 4.53. The van der Waals surface area contributed by atoms with Gasteiger partial charge in [0.1, 0.15) is 6.33 Å². The number of anilines is 1. The zero-order valence-electron chi connectivity index (χ0n) is 14.1. The van der Waals surface area contributed by atoms with Crippen molar-refractivity contribution in [1.82, 2.24) is 9.66 Å². The van der Waals surface area contributed by atoms with E-state index < -0.39 is 5.92 Å². The highest BCUT2D eigenvalue weighted by Crippen LogP contribution is 2.26. The summed E-state index contributed by atoms with van der Waals surface area (Å²) in [6.45, 7) is 0.266. The van der Waals surface area contributed by atoms with E-state index in [0.29, 0.717) is 10.9 Å². The predicted molar refractivity (Wildman–Crippen MR) is 105 cm³/mol. The van der Waals surface area contributed by atoms with E-state index in [1.165, 1.54) is 6.33 Å². The second-order valence-corrected chi connectivity index (χ2v) is 7.21. The summed E-state index contributed by atoms with van der Waals surface area (Å²) in [4.78, 5) is 43.2. The zero-order chi connectivity index (χ0) is 19.0. The maximum Gasteiger partial charge on any atom is 0.280 e. The van der Waals surface area contributed by atoms with Crippen LogP contribution in [0.5, 0.6) is 0 Å². The highest BCUT2D eigenvalue weighted by atomic mass is 79.9. The molecule has 1 aliphatic rings. The van der Waals surface area contributed by atoms with Crippen LogP contribution in [0.15, 0.2) is 64.1 Å². The lowest BCUT2D eigenvalue weighted by atomic mass is 10.1. The number of halogens is 1. The van der Waals surface area contributed by atoms with Crippen molar-refractivity contribution in [3.8, 4) is 0 Å². The normalized spacial score (nSPS) is 16.7. The fourth-order valence-electron chi connectivity index (χ4n) is 3.11. The molecule has 4 rings (SSSR count). The van der Waals surface area contributed by atoms with Crippen LogP contribution in [0.2, 0.25) is 0 Å². The smallest absolute Gasteiger partial charge is 0.280 e. The second-order valence-electron chi connectivity index (χ2n) is 6.29. The van der Waals surface area contributed by atoms with Gasteiger partial charge in [0.15, 0.2) is 0 Å². The van der Waals surface area contributed by atoms with Gasteiger partial charge in [0.05, 0.1) is 16.8 Å². The van der Waals surface area contributed by atoms with Gasteiger partial charge in [0, 0.05) is 23.1 Å². The average molecular weight is 427 g/mol. The van der Waals surface area contributed by atoms with Gasteiger partial charge in [-0.2, -0.15) is 0 Å². The van der Waals surface area contributed by atoms with Gasteiger partial charge >= 0.3 is 0 Å². The van der Waals surface area contributed by atoms with Crippen LogP contribution in [0.25, 0.3) is 10.9 Å². The van der Waals surface area contributed by atoms with Gasteiger partial charge in [-0.25, -0.2) is 9.66 Å². The molecule has 1 unspecified atom stereocenters. The summed E-state index contributed by atoms with van der Waals surface area (Å²) >= 11 is 3.36. The van der Waals surface area contributed by atoms with Gasteiger partial charge in [0.2, 0.25) is 11.8 Å². The SMILES string of the molecule is O=C(Nn1cnc2ccccc2c1=O)C1CC(=O)N(c2ccc(Br)cc2)C1. The van der Waals surface area contributed by atoms with Crippen LogP contribution in [-0.2, 0) is 9.59 Å². The fourth-order valence-corrected chi connectivity index (χ4v) is 3.38. The molecule has 0 saturated carbocycles. The Hall–Kier alpha value is -3.00. The van der Waals surface area contributed by atoms with Gasteiger partial charge in [0.25, 0.3) is 5.56 Å². The van der Waals surface area contributed by atoms with Crippen molar-refractivity contribution in [2.75, 3.05) is 16.9 Å². The number of rotatable bonds is 3. The quantitative estimate of drug-likeness (QED) is 0.695. The molecule has 0 aliphatic carbocycles. The van der Waals surface area contributed by atoms with Crippen LogP contribution < -0.4 is 15.9 Å². The number of para-hydroxylation sites is 1. The molecule has 1 N–H and O–H groups in total. The molecular formula is C19H15BrN4O3. The van der Waals surface area contributed by atoms with Crippen molar-refractivity contribution >= 4 is 44.3 Å². The van der Waals surface area contributed by atoms with Gasteiger partial charge in [-0.3, -0.25) is 19.8 Å². The predicted octanol–water partition coefficient (Wildman–Crippen LogP) is 2.28. The number of nitrogens with one attached hydrogen (secondary N) is 1. The summed E-state index contributed by atoms with van der Waals surface area (Å²) in [5, 5.41) is 0.416. The monoisotopic (exact) mass is 426 g/mol. The third-order valence-corrected chi connectivity index (χ3v) is 5.06. The topological polar surface area (TPSA) is 84.3 Å². The van der Waals surface area contributed by atoms with Crippen molar-refractivity contribution in [2.24, 2.45) is 5.92 Å². The Kier molecular flexibility index (Phi) is 4.49. The molecule has 1 fully saturated rings. The van der Waals surface area contributed by atoms with Crippen LogP contribution in [0.4, 0.5) is 5.69 Å². The summed E-state index contributed by atoms with van der Waals surface area (Å²) in [6, 6.07) is 14.2. The van der Waals surface area contributed by atoms with E-state index in [1.807, 2.05) is 24.3 Å². The lowest BCUT2D eigenvalue weighted by molar-refractivity contribution is -0.123. The molecule has 0 spiro atoms. The first-order chi connectivity index (χ1) is 13.0. The lowest BCUT2D eigenvalue weighted by Gasteiger charge is -2.17. The molecule has 8 heteroatoms. The third kappa shape index (κ3) is 3.35. The number of amides is 2. The first kappa shape index (κ1) is 17.4. The number of hydrogen-bond donors (Lipinski definition) is 1. The maximum atomic E-state index is 12.6. The molecule has 1 aliphatic heterocycles. The summed E-state index contributed by atoms with van der Waals surface area (Å²) < 4.78 is 1.98. The van der Waals surface area contributed by atoms with E-state index in [1.54, 1.807) is 29.2 Å². The van der Waals surface area contributed by atoms with Crippen LogP contribution in [0.3, 0.4) is 0 Å². The van der Waals surface area contributed by atoms with E-state index in [9.17, 15) is 14.4 Å². The Morgan fingerprint density at radius 2 is 1.85 bits per heavy atom. The molecule has 1 aromatic heterocycles. The van der Waals surface area contributed by atoms with E-state index >= 15 is 0 Å². The summed E-state index contributed by atoms with van der Waals surface area (Å²) in [7, 11) is 0. The van der Waals surface area contributed by atoms with Crippen LogP contribution in [0, 0.1) is 5.92 Å². The van der Waals surface area contributed by atoms with Gasteiger partial charge in [-0.1, -0.05) is 28.1 Å². The van der Waals surface area contributed by atoms with E-state index in [-0.39, 0.29) is 30.3 Å². The Morgan fingerprint density at radius 3 is 2.63 bits per heavy atom. The number of hydrogen-bond acceptors (Lipinski definition) is 4. The van der Waals surface area contributed by atoms with E-state index in [2.05, 4.69) is 26.3 Å². The van der Waals surface area contributed by atoms with Crippen molar-refractivity contribution in [3.63, 3.8) is 0 Å². The molecule has 2 heterocycles. The van der Waals surface area contributed by atoms with Crippen LogP contribution >= 0.6 is 15.9 Å². The molecule has 2 aromatic carbocycles. The molecule has 0 radical (unpaired) electrons. The van der Waals surface area contributed by atoms with Crippen LogP contribution in [-0.4, -0.2) is 28.0 Å². The van der Waals surface area contributed by atoms with E-state index in [4.69, 9.17) is 0 Å². The maximum absolute atomic E-state index is 12.6. The molecule has 0 bridgehead atoms. The standard InChI is InChI=1S/C19H15BrN4O3/c20-13-5-7-14(8-6-13)23-10-12(9-17(23)25)18(26)22-24-11-21-16-4-2-1-3-15(16)19(24)27/h1-8,11-12H,9-10H2,(H,22,26). The molecule has 136 valence electrons. The van der Waals surface area contributed by atoms with Gasteiger partial charge in [-0.15, -0.1) is 0 Å². The molecule has 3 aromatic rings.